The molecule has 1 fully saturated rings. The molecule has 2 aromatic heterocycles. The fourth-order valence-corrected chi connectivity index (χ4v) is 1.80. The maximum absolute atomic E-state index is 12.7. The number of aromatic nitrogens is 3. The third-order valence-corrected chi connectivity index (χ3v) is 2.86. The number of halogens is 1. The van der Waals surface area contributed by atoms with E-state index in [9.17, 15) is 9.50 Å². The monoisotopic (exact) mass is 235 g/mol. The van der Waals surface area contributed by atoms with Crippen LogP contribution in [0.1, 0.15) is 24.7 Å². The van der Waals surface area contributed by atoms with Gasteiger partial charge in [0, 0.05) is 5.92 Å². The molecule has 0 unspecified atom stereocenters. The standard InChI is InChI=1S/C11H10FN3O2/c12-7-1-2-9(13-5-7)10-14-11(17-15-10)6-3-8(16)4-6/h1-2,5-6,8,16H,3-4H2. The van der Waals surface area contributed by atoms with Gasteiger partial charge in [0.15, 0.2) is 0 Å². The Labute approximate surface area is 96.3 Å². The van der Waals surface area contributed by atoms with Crippen LogP contribution in [0.25, 0.3) is 11.5 Å². The van der Waals surface area contributed by atoms with Gasteiger partial charge in [-0.25, -0.2) is 9.37 Å². The average Bonchev–Trinajstić information content (AvgIpc) is 2.75. The van der Waals surface area contributed by atoms with Gasteiger partial charge in [0.25, 0.3) is 0 Å². The molecular formula is C11H10FN3O2. The Hall–Kier alpha value is -1.82. The van der Waals surface area contributed by atoms with Crippen LogP contribution in [0.4, 0.5) is 4.39 Å². The molecule has 0 spiro atoms. The molecule has 1 N–H and O–H groups in total. The van der Waals surface area contributed by atoms with Crippen LogP contribution >= 0.6 is 0 Å². The molecule has 0 amide bonds. The summed E-state index contributed by atoms with van der Waals surface area (Å²) in [6, 6.07) is 2.80. The van der Waals surface area contributed by atoms with Gasteiger partial charge in [-0.05, 0) is 25.0 Å². The van der Waals surface area contributed by atoms with Crippen molar-refractivity contribution in [2.75, 3.05) is 0 Å². The van der Waals surface area contributed by atoms with Crippen LogP contribution in [0.5, 0.6) is 0 Å². The van der Waals surface area contributed by atoms with E-state index in [1.807, 2.05) is 0 Å². The lowest BCUT2D eigenvalue weighted by atomic mass is 9.82. The number of nitrogens with zero attached hydrogens (tertiary/aromatic N) is 3. The molecule has 5 nitrogen and oxygen atoms in total. The van der Waals surface area contributed by atoms with Gasteiger partial charge in [-0.3, -0.25) is 0 Å². The van der Waals surface area contributed by atoms with Crippen molar-refractivity contribution in [1.29, 1.82) is 0 Å². The molecule has 0 saturated heterocycles. The molecule has 3 rings (SSSR count). The van der Waals surface area contributed by atoms with Crippen molar-refractivity contribution in [2.24, 2.45) is 0 Å². The molecule has 2 heterocycles. The van der Waals surface area contributed by atoms with Gasteiger partial charge < -0.3 is 9.63 Å². The first-order valence-electron chi connectivity index (χ1n) is 5.36. The highest BCUT2D eigenvalue weighted by molar-refractivity contribution is 5.47. The molecule has 0 aliphatic heterocycles. The zero-order chi connectivity index (χ0) is 11.8. The number of hydrogen-bond acceptors (Lipinski definition) is 5. The Morgan fingerprint density at radius 3 is 2.82 bits per heavy atom. The minimum Gasteiger partial charge on any atom is -0.393 e. The number of aliphatic hydroxyl groups excluding tert-OH is 1. The van der Waals surface area contributed by atoms with Crippen molar-refractivity contribution in [1.82, 2.24) is 15.1 Å². The first-order valence-corrected chi connectivity index (χ1v) is 5.36. The maximum atomic E-state index is 12.7. The summed E-state index contributed by atoms with van der Waals surface area (Å²) in [4.78, 5) is 8.06. The molecule has 0 aromatic carbocycles. The molecule has 1 aliphatic carbocycles. The summed E-state index contributed by atoms with van der Waals surface area (Å²) in [6.45, 7) is 0. The van der Waals surface area contributed by atoms with Gasteiger partial charge in [-0.15, -0.1) is 0 Å². The Kier molecular flexibility index (Phi) is 2.36. The largest absolute Gasteiger partial charge is 0.393 e. The van der Waals surface area contributed by atoms with Crippen LogP contribution in [0.15, 0.2) is 22.9 Å². The van der Waals surface area contributed by atoms with Crippen LogP contribution in [0.3, 0.4) is 0 Å². The molecule has 2 aromatic rings. The second-order valence-electron chi connectivity index (χ2n) is 4.14. The normalized spacial score (nSPS) is 23.4. The average molecular weight is 235 g/mol. The van der Waals surface area contributed by atoms with Crippen LogP contribution in [0.2, 0.25) is 0 Å². The lowest BCUT2D eigenvalue weighted by molar-refractivity contribution is 0.0625. The van der Waals surface area contributed by atoms with E-state index in [0.29, 0.717) is 30.3 Å². The molecule has 88 valence electrons. The van der Waals surface area contributed by atoms with Crippen LogP contribution in [-0.4, -0.2) is 26.3 Å². The Balaban J connectivity index is 1.82. The van der Waals surface area contributed by atoms with Crippen molar-refractivity contribution in [3.63, 3.8) is 0 Å². The van der Waals surface area contributed by atoms with E-state index < -0.39 is 5.82 Å². The minimum absolute atomic E-state index is 0.131. The third-order valence-electron chi connectivity index (χ3n) is 2.86. The van der Waals surface area contributed by atoms with Crippen molar-refractivity contribution in [3.8, 4) is 11.5 Å². The summed E-state index contributed by atoms with van der Waals surface area (Å²) in [5.41, 5.74) is 0.473. The number of pyridine rings is 1. The third kappa shape index (κ3) is 1.91. The highest BCUT2D eigenvalue weighted by Crippen LogP contribution is 2.36. The predicted octanol–water partition coefficient (Wildman–Crippen LogP) is 1.51. The van der Waals surface area contributed by atoms with Gasteiger partial charge in [0.2, 0.25) is 11.7 Å². The Bertz CT molecular complexity index is 520. The predicted molar refractivity (Wildman–Crippen MR) is 55.5 cm³/mol. The zero-order valence-electron chi connectivity index (χ0n) is 8.88. The molecule has 0 radical (unpaired) electrons. The molecule has 17 heavy (non-hydrogen) atoms. The number of hydrogen-bond donors (Lipinski definition) is 1. The highest BCUT2D eigenvalue weighted by atomic mass is 19.1. The van der Waals surface area contributed by atoms with E-state index in [4.69, 9.17) is 4.52 Å². The zero-order valence-corrected chi connectivity index (χ0v) is 8.88. The fourth-order valence-electron chi connectivity index (χ4n) is 1.80. The Morgan fingerprint density at radius 1 is 1.35 bits per heavy atom. The summed E-state index contributed by atoms with van der Waals surface area (Å²) in [7, 11) is 0. The van der Waals surface area contributed by atoms with E-state index in [1.165, 1.54) is 12.1 Å². The van der Waals surface area contributed by atoms with E-state index in [1.54, 1.807) is 0 Å². The highest BCUT2D eigenvalue weighted by Gasteiger charge is 2.33. The Morgan fingerprint density at radius 2 is 2.18 bits per heavy atom. The summed E-state index contributed by atoms with van der Waals surface area (Å²) in [6.07, 6.45) is 2.15. The van der Waals surface area contributed by atoms with E-state index in [2.05, 4.69) is 15.1 Å². The van der Waals surface area contributed by atoms with Gasteiger partial charge in [0.1, 0.15) is 11.5 Å². The molecule has 0 bridgehead atoms. The molecule has 0 atom stereocenters. The first kappa shape index (κ1) is 10.3. The van der Waals surface area contributed by atoms with Gasteiger partial charge in [-0.2, -0.15) is 4.98 Å². The summed E-state index contributed by atoms with van der Waals surface area (Å²) in [5, 5.41) is 13.0. The van der Waals surface area contributed by atoms with Crippen LogP contribution < -0.4 is 0 Å². The van der Waals surface area contributed by atoms with E-state index in [-0.39, 0.29) is 12.0 Å². The molecule has 6 heteroatoms. The van der Waals surface area contributed by atoms with Crippen LogP contribution in [-0.2, 0) is 0 Å². The van der Waals surface area contributed by atoms with Crippen molar-refractivity contribution >= 4 is 0 Å². The first-order chi connectivity index (χ1) is 8.22. The van der Waals surface area contributed by atoms with E-state index >= 15 is 0 Å². The van der Waals surface area contributed by atoms with Crippen molar-refractivity contribution in [3.05, 3.63) is 30.0 Å². The topological polar surface area (TPSA) is 72.0 Å². The lowest BCUT2D eigenvalue weighted by Gasteiger charge is -2.27. The smallest absolute Gasteiger partial charge is 0.230 e. The second-order valence-corrected chi connectivity index (χ2v) is 4.14. The summed E-state index contributed by atoms with van der Waals surface area (Å²) >= 11 is 0. The van der Waals surface area contributed by atoms with Gasteiger partial charge >= 0.3 is 0 Å². The second kappa shape index (κ2) is 3.89. The molecule has 1 saturated carbocycles. The van der Waals surface area contributed by atoms with Gasteiger partial charge in [-0.1, -0.05) is 5.16 Å². The molecule has 1 aliphatic rings. The van der Waals surface area contributed by atoms with Gasteiger partial charge in [0.05, 0.1) is 12.3 Å². The quantitative estimate of drug-likeness (QED) is 0.854. The lowest BCUT2D eigenvalue weighted by Crippen LogP contribution is -2.26. The summed E-state index contributed by atoms with van der Waals surface area (Å²) < 4.78 is 17.8. The fraction of sp³-hybridized carbons (Fsp3) is 0.364. The van der Waals surface area contributed by atoms with Crippen molar-refractivity contribution in [2.45, 2.75) is 24.9 Å². The maximum Gasteiger partial charge on any atom is 0.230 e. The SMILES string of the molecule is OC1CC(c2nc(-c3ccc(F)cn3)no2)C1. The number of rotatable bonds is 2. The van der Waals surface area contributed by atoms with Crippen molar-refractivity contribution < 1.29 is 14.0 Å². The molecular weight excluding hydrogens is 225 g/mol. The minimum atomic E-state index is -0.403. The summed E-state index contributed by atoms with van der Waals surface area (Å²) in [5.74, 6) is 0.587. The number of aliphatic hydroxyl groups is 1. The van der Waals surface area contributed by atoms with E-state index in [0.717, 1.165) is 6.20 Å². The van der Waals surface area contributed by atoms with Crippen LogP contribution in [0, 0.1) is 5.82 Å².